The Balaban J connectivity index is 2.83. The van der Waals surface area contributed by atoms with Crippen molar-refractivity contribution in [2.24, 2.45) is 11.6 Å². The zero-order chi connectivity index (χ0) is 10.4. The van der Waals surface area contributed by atoms with E-state index in [1.807, 2.05) is 5.43 Å². The number of carbonyl (C=O) groups excluding carboxylic acids is 1. The third-order valence-corrected chi connectivity index (χ3v) is 1.61. The van der Waals surface area contributed by atoms with Crippen LogP contribution in [-0.4, -0.2) is 12.5 Å². The SMILES string of the molecule is NCC#Cc1ccc(C(=O)NN)cc1. The molecular formula is C10H11N3O. The fourth-order valence-electron chi connectivity index (χ4n) is 0.941. The number of nitrogens with two attached hydrogens (primary N) is 2. The summed E-state index contributed by atoms with van der Waals surface area (Å²) in [7, 11) is 0. The minimum Gasteiger partial charge on any atom is -0.320 e. The number of nitrogens with one attached hydrogen (secondary N) is 1. The summed E-state index contributed by atoms with van der Waals surface area (Å²) in [5, 5.41) is 0. The van der Waals surface area contributed by atoms with Crippen molar-refractivity contribution in [2.45, 2.75) is 0 Å². The van der Waals surface area contributed by atoms with Crippen LogP contribution in [-0.2, 0) is 0 Å². The molecule has 4 heteroatoms. The molecule has 0 radical (unpaired) electrons. The van der Waals surface area contributed by atoms with Gasteiger partial charge in [-0.25, -0.2) is 5.84 Å². The summed E-state index contributed by atoms with van der Waals surface area (Å²) in [6, 6.07) is 6.80. The number of nitrogen functional groups attached to an aromatic ring is 1. The van der Waals surface area contributed by atoms with E-state index in [2.05, 4.69) is 11.8 Å². The van der Waals surface area contributed by atoms with Gasteiger partial charge in [-0.3, -0.25) is 10.2 Å². The zero-order valence-corrected chi connectivity index (χ0v) is 7.58. The van der Waals surface area contributed by atoms with Crippen molar-refractivity contribution in [3.63, 3.8) is 0 Å². The first-order valence-corrected chi connectivity index (χ1v) is 4.08. The van der Waals surface area contributed by atoms with Gasteiger partial charge in [-0.15, -0.1) is 0 Å². The predicted octanol–water partition coefficient (Wildman–Crippen LogP) is -0.400. The van der Waals surface area contributed by atoms with E-state index in [1.54, 1.807) is 24.3 Å². The molecule has 0 aliphatic rings. The molecular weight excluding hydrogens is 178 g/mol. The van der Waals surface area contributed by atoms with E-state index in [9.17, 15) is 4.79 Å². The van der Waals surface area contributed by atoms with Crippen LogP contribution in [0.4, 0.5) is 0 Å². The van der Waals surface area contributed by atoms with E-state index in [0.717, 1.165) is 5.56 Å². The van der Waals surface area contributed by atoms with Crippen LogP contribution in [0.2, 0.25) is 0 Å². The van der Waals surface area contributed by atoms with Crippen molar-refractivity contribution < 1.29 is 4.79 Å². The summed E-state index contributed by atoms with van der Waals surface area (Å²) in [4.78, 5) is 11.0. The van der Waals surface area contributed by atoms with Crippen LogP contribution in [0.5, 0.6) is 0 Å². The summed E-state index contributed by atoms with van der Waals surface area (Å²) >= 11 is 0. The second-order valence-corrected chi connectivity index (χ2v) is 2.56. The van der Waals surface area contributed by atoms with Gasteiger partial charge < -0.3 is 5.73 Å². The molecule has 0 bridgehead atoms. The van der Waals surface area contributed by atoms with Crippen molar-refractivity contribution in [3.05, 3.63) is 35.4 Å². The molecule has 1 amide bonds. The van der Waals surface area contributed by atoms with Crippen LogP contribution in [0.25, 0.3) is 0 Å². The van der Waals surface area contributed by atoms with Gasteiger partial charge in [0.05, 0.1) is 6.54 Å². The van der Waals surface area contributed by atoms with E-state index >= 15 is 0 Å². The molecule has 0 spiro atoms. The van der Waals surface area contributed by atoms with Crippen molar-refractivity contribution >= 4 is 5.91 Å². The molecule has 1 aromatic carbocycles. The standard InChI is InChI=1S/C10H11N3O/c11-7-1-2-8-3-5-9(6-4-8)10(14)13-12/h3-6H,7,11-12H2,(H,13,14). The lowest BCUT2D eigenvalue weighted by Gasteiger charge is -1.98. The number of benzene rings is 1. The van der Waals surface area contributed by atoms with Crippen LogP contribution in [0.1, 0.15) is 15.9 Å². The Kier molecular flexibility index (Phi) is 3.68. The maximum atomic E-state index is 11.0. The molecule has 0 saturated carbocycles. The summed E-state index contributed by atoms with van der Waals surface area (Å²) < 4.78 is 0. The first-order chi connectivity index (χ1) is 6.77. The average molecular weight is 189 g/mol. The topological polar surface area (TPSA) is 81.1 Å². The highest BCUT2D eigenvalue weighted by molar-refractivity contribution is 5.93. The zero-order valence-electron chi connectivity index (χ0n) is 7.58. The van der Waals surface area contributed by atoms with Gasteiger partial charge in [0.2, 0.25) is 0 Å². The Morgan fingerprint density at radius 1 is 1.36 bits per heavy atom. The summed E-state index contributed by atoms with van der Waals surface area (Å²) in [6.45, 7) is 0.324. The van der Waals surface area contributed by atoms with Gasteiger partial charge in [0.1, 0.15) is 0 Å². The highest BCUT2D eigenvalue weighted by Gasteiger charge is 2.00. The molecule has 0 aliphatic heterocycles. The van der Waals surface area contributed by atoms with Gasteiger partial charge in [0.15, 0.2) is 0 Å². The number of hydrazine groups is 1. The third kappa shape index (κ3) is 2.59. The molecule has 4 nitrogen and oxygen atoms in total. The molecule has 0 saturated heterocycles. The lowest BCUT2D eigenvalue weighted by Crippen LogP contribution is -2.29. The molecule has 1 aromatic rings. The molecule has 0 aliphatic carbocycles. The minimum atomic E-state index is -0.316. The Morgan fingerprint density at radius 3 is 2.50 bits per heavy atom. The normalized spacial score (nSPS) is 8.71. The van der Waals surface area contributed by atoms with Gasteiger partial charge in [-0.2, -0.15) is 0 Å². The van der Waals surface area contributed by atoms with Gasteiger partial charge in [-0.05, 0) is 24.3 Å². The van der Waals surface area contributed by atoms with Crippen molar-refractivity contribution in [1.82, 2.24) is 5.43 Å². The quantitative estimate of drug-likeness (QED) is 0.243. The molecule has 0 fully saturated rings. The van der Waals surface area contributed by atoms with Crippen molar-refractivity contribution in [1.29, 1.82) is 0 Å². The maximum absolute atomic E-state index is 11.0. The third-order valence-electron chi connectivity index (χ3n) is 1.61. The Morgan fingerprint density at radius 2 is 2.00 bits per heavy atom. The van der Waals surface area contributed by atoms with E-state index < -0.39 is 0 Å². The molecule has 0 heterocycles. The summed E-state index contributed by atoms with van der Waals surface area (Å²) in [5.74, 6) is 10.2. The second-order valence-electron chi connectivity index (χ2n) is 2.56. The van der Waals surface area contributed by atoms with E-state index in [-0.39, 0.29) is 5.91 Å². The smallest absolute Gasteiger partial charge is 0.265 e. The molecule has 0 atom stereocenters. The Labute approximate surface area is 82.3 Å². The number of carbonyl (C=O) groups is 1. The first kappa shape index (κ1) is 10.3. The monoisotopic (exact) mass is 189 g/mol. The number of amides is 1. The van der Waals surface area contributed by atoms with Crippen LogP contribution >= 0.6 is 0 Å². The molecule has 5 N–H and O–H groups in total. The molecule has 14 heavy (non-hydrogen) atoms. The first-order valence-electron chi connectivity index (χ1n) is 4.08. The van der Waals surface area contributed by atoms with Crippen LogP contribution in [0, 0.1) is 11.8 Å². The molecule has 0 aromatic heterocycles. The minimum absolute atomic E-state index is 0.316. The predicted molar refractivity (Wildman–Crippen MR) is 54.0 cm³/mol. The number of hydrogen-bond donors (Lipinski definition) is 3. The highest BCUT2D eigenvalue weighted by atomic mass is 16.2. The van der Waals surface area contributed by atoms with E-state index in [1.165, 1.54) is 0 Å². The average Bonchev–Trinajstić information content (AvgIpc) is 2.26. The maximum Gasteiger partial charge on any atom is 0.265 e. The van der Waals surface area contributed by atoms with Crippen molar-refractivity contribution in [3.8, 4) is 11.8 Å². The molecule has 0 unspecified atom stereocenters. The lowest BCUT2D eigenvalue weighted by atomic mass is 10.1. The van der Waals surface area contributed by atoms with Gasteiger partial charge >= 0.3 is 0 Å². The van der Waals surface area contributed by atoms with Crippen LogP contribution in [0.15, 0.2) is 24.3 Å². The summed E-state index contributed by atoms with van der Waals surface area (Å²) in [5.41, 5.74) is 8.60. The van der Waals surface area contributed by atoms with Gasteiger partial charge in [0.25, 0.3) is 5.91 Å². The molecule has 72 valence electrons. The largest absolute Gasteiger partial charge is 0.320 e. The molecule has 1 rings (SSSR count). The van der Waals surface area contributed by atoms with Crippen molar-refractivity contribution in [2.75, 3.05) is 6.54 Å². The van der Waals surface area contributed by atoms with Crippen LogP contribution in [0.3, 0.4) is 0 Å². The van der Waals surface area contributed by atoms with E-state index in [4.69, 9.17) is 11.6 Å². The fraction of sp³-hybridized carbons (Fsp3) is 0.100. The number of rotatable bonds is 1. The highest BCUT2D eigenvalue weighted by Crippen LogP contribution is 2.02. The van der Waals surface area contributed by atoms with E-state index in [0.29, 0.717) is 12.1 Å². The van der Waals surface area contributed by atoms with Gasteiger partial charge in [0, 0.05) is 11.1 Å². The number of hydrogen-bond acceptors (Lipinski definition) is 3. The lowest BCUT2D eigenvalue weighted by molar-refractivity contribution is 0.0953. The Bertz CT molecular complexity index is 373. The Hall–Kier alpha value is -1.83. The fourth-order valence-corrected chi connectivity index (χ4v) is 0.941. The van der Waals surface area contributed by atoms with Crippen LogP contribution < -0.4 is 17.0 Å². The van der Waals surface area contributed by atoms with Gasteiger partial charge in [-0.1, -0.05) is 11.8 Å². The summed E-state index contributed by atoms with van der Waals surface area (Å²) in [6.07, 6.45) is 0. The second kappa shape index (κ2) is 5.02.